The summed E-state index contributed by atoms with van der Waals surface area (Å²) in [5.41, 5.74) is 5.60. The van der Waals surface area contributed by atoms with Gasteiger partial charge in [0.25, 0.3) is 0 Å². The maximum atomic E-state index is 12.4. The fourth-order valence-electron chi connectivity index (χ4n) is 1.10. The molecule has 0 aliphatic carbocycles. The second-order valence-electron chi connectivity index (χ2n) is 3.61. The predicted molar refractivity (Wildman–Crippen MR) is 44.3 cm³/mol. The molecular formula is C8H15FN2O. The first-order valence-electron chi connectivity index (χ1n) is 4.20. The lowest BCUT2D eigenvalue weighted by Gasteiger charge is -2.36. The Labute approximate surface area is 71.7 Å². The average molecular weight is 174 g/mol. The molecule has 4 heteroatoms. The molecule has 0 unspecified atom stereocenters. The lowest BCUT2D eigenvalue weighted by molar-refractivity contribution is -0.140. The molecule has 0 saturated carbocycles. The highest BCUT2D eigenvalue weighted by Crippen LogP contribution is 2.14. The number of carbonyl (C=O) groups excluding carboxylic acids is 1. The third-order valence-electron chi connectivity index (χ3n) is 2.15. The molecule has 1 aliphatic rings. The molecule has 2 N–H and O–H groups in total. The van der Waals surface area contributed by atoms with Crippen molar-refractivity contribution in [1.29, 1.82) is 0 Å². The third kappa shape index (κ3) is 1.75. The molecule has 3 nitrogen and oxygen atoms in total. The molecule has 70 valence electrons. The van der Waals surface area contributed by atoms with Gasteiger partial charge in [-0.2, -0.15) is 0 Å². The van der Waals surface area contributed by atoms with Crippen LogP contribution in [0.4, 0.5) is 4.39 Å². The number of hydrogen-bond donors (Lipinski definition) is 1. The standard InChI is InChI=1S/C8H15FN2O/c1-5(2)7(10)8(12)11-3-6(9)4-11/h5-7H,3-4,10H2,1-2H3/t7-/m0/s1. The number of nitrogens with zero attached hydrogens (tertiary/aromatic N) is 1. The second kappa shape index (κ2) is 3.39. The molecule has 0 aromatic rings. The lowest BCUT2D eigenvalue weighted by Crippen LogP contribution is -2.57. The molecule has 0 aromatic heterocycles. The minimum Gasteiger partial charge on any atom is -0.335 e. The molecule has 1 atom stereocenters. The minimum atomic E-state index is -0.840. The van der Waals surface area contributed by atoms with Gasteiger partial charge in [0.05, 0.1) is 19.1 Å². The van der Waals surface area contributed by atoms with Gasteiger partial charge in [0.1, 0.15) is 6.17 Å². The van der Waals surface area contributed by atoms with Crippen LogP contribution >= 0.6 is 0 Å². The van der Waals surface area contributed by atoms with Gasteiger partial charge in [0.2, 0.25) is 5.91 Å². The van der Waals surface area contributed by atoms with Crippen LogP contribution in [0.1, 0.15) is 13.8 Å². The van der Waals surface area contributed by atoms with E-state index in [1.807, 2.05) is 13.8 Å². The van der Waals surface area contributed by atoms with Crippen LogP contribution in [0.3, 0.4) is 0 Å². The maximum absolute atomic E-state index is 12.4. The quantitative estimate of drug-likeness (QED) is 0.647. The van der Waals surface area contributed by atoms with Crippen molar-refractivity contribution < 1.29 is 9.18 Å². The van der Waals surface area contributed by atoms with Gasteiger partial charge in [0.15, 0.2) is 0 Å². The number of hydrogen-bond acceptors (Lipinski definition) is 2. The normalized spacial score (nSPS) is 20.9. The van der Waals surface area contributed by atoms with Crippen molar-refractivity contribution in [2.24, 2.45) is 11.7 Å². The summed E-state index contributed by atoms with van der Waals surface area (Å²) in [6, 6.07) is -0.475. The maximum Gasteiger partial charge on any atom is 0.239 e. The largest absolute Gasteiger partial charge is 0.335 e. The van der Waals surface area contributed by atoms with Crippen molar-refractivity contribution in [2.75, 3.05) is 13.1 Å². The summed E-state index contributed by atoms with van der Waals surface area (Å²) < 4.78 is 12.4. The Morgan fingerprint density at radius 2 is 2.08 bits per heavy atom. The van der Waals surface area contributed by atoms with Crippen LogP contribution in [-0.2, 0) is 4.79 Å². The Bertz CT molecular complexity index is 178. The molecule has 1 aliphatic heterocycles. The third-order valence-corrected chi connectivity index (χ3v) is 2.15. The zero-order chi connectivity index (χ0) is 9.30. The van der Waals surface area contributed by atoms with E-state index < -0.39 is 12.2 Å². The van der Waals surface area contributed by atoms with Gasteiger partial charge in [-0.15, -0.1) is 0 Å². The molecule has 1 saturated heterocycles. The summed E-state index contributed by atoms with van der Waals surface area (Å²) in [5, 5.41) is 0. The van der Waals surface area contributed by atoms with Crippen LogP contribution in [0.5, 0.6) is 0 Å². The number of alkyl halides is 1. The Kier molecular flexibility index (Phi) is 2.67. The fraction of sp³-hybridized carbons (Fsp3) is 0.875. The highest BCUT2D eigenvalue weighted by atomic mass is 19.1. The van der Waals surface area contributed by atoms with Gasteiger partial charge in [-0.25, -0.2) is 4.39 Å². The highest BCUT2D eigenvalue weighted by molar-refractivity contribution is 5.82. The van der Waals surface area contributed by atoms with Crippen molar-refractivity contribution in [3.8, 4) is 0 Å². The zero-order valence-electron chi connectivity index (χ0n) is 7.46. The number of amides is 1. The molecule has 1 rings (SSSR count). The van der Waals surface area contributed by atoms with Crippen molar-refractivity contribution in [1.82, 2.24) is 4.90 Å². The number of nitrogens with two attached hydrogens (primary N) is 1. The number of halogens is 1. The van der Waals surface area contributed by atoms with Crippen molar-refractivity contribution in [3.05, 3.63) is 0 Å². The molecule has 0 spiro atoms. The van der Waals surface area contributed by atoms with Crippen molar-refractivity contribution in [2.45, 2.75) is 26.1 Å². The van der Waals surface area contributed by atoms with Crippen molar-refractivity contribution >= 4 is 5.91 Å². The van der Waals surface area contributed by atoms with Gasteiger partial charge in [-0.05, 0) is 5.92 Å². The summed E-state index contributed by atoms with van der Waals surface area (Å²) in [6.45, 7) is 4.21. The SMILES string of the molecule is CC(C)[C@H](N)C(=O)N1CC(F)C1. The number of likely N-dealkylation sites (tertiary alicyclic amines) is 1. The summed E-state index contributed by atoms with van der Waals surface area (Å²) >= 11 is 0. The highest BCUT2D eigenvalue weighted by Gasteiger charge is 2.33. The Balaban J connectivity index is 2.38. The first kappa shape index (κ1) is 9.45. The monoisotopic (exact) mass is 174 g/mol. The van der Waals surface area contributed by atoms with Gasteiger partial charge in [0, 0.05) is 0 Å². The van der Waals surface area contributed by atoms with E-state index in [9.17, 15) is 9.18 Å². The molecular weight excluding hydrogens is 159 g/mol. The van der Waals surface area contributed by atoms with Crippen LogP contribution < -0.4 is 5.73 Å². The molecule has 0 bridgehead atoms. The summed E-state index contributed by atoms with van der Waals surface area (Å²) in [7, 11) is 0. The number of rotatable bonds is 2. The van der Waals surface area contributed by atoms with Crippen molar-refractivity contribution in [3.63, 3.8) is 0 Å². The van der Waals surface area contributed by atoms with Gasteiger partial charge in [-0.1, -0.05) is 13.8 Å². The van der Waals surface area contributed by atoms with Gasteiger partial charge < -0.3 is 10.6 Å². The molecule has 1 heterocycles. The van der Waals surface area contributed by atoms with Crippen LogP contribution in [-0.4, -0.2) is 36.1 Å². The van der Waals surface area contributed by atoms with E-state index in [0.29, 0.717) is 0 Å². The average Bonchev–Trinajstić information content (AvgIpc) is 1.95. The summed E-state index contributed by atoms with van der Waals surface area (Å²) in [6.07, 6.45) is -0.840. The predicted octanol–water partition coefficient (Wildman–Crippen LogP) is 0.150. The van der Waals surface area contributed by atoms with E-state index in [1.54, 1.807) is 0 Å². The Morgan fingerprint density at radius 1 is 1.58 bits per heavy atom. The van der Waals surface area contributed by atoms with E-state index in [1.165, 1.54) is 4.90 Å². The van der Waals surface area contributed by atoms with Gasteiger partial charge >= 0.3 is 0 Å². The van der Waals surface area contributed by atoms with E-state index >= 15 is 0 Å². The topological polar surface area (TPSA) is 46.3 Å². The van der Waals surface area contributed by atoms with Crippen LogP contribution in [0.25, 0.3) is 0 Å². The lowest BCUT2D eigenvalue weighted by atomic mass is 10.0. The first-order chi connectivity index (χ1) is 5.52. The summed E-state index contributed by atoms with van der Waals surface area (Å²) in [5.74, 6) is -0.00457. The molecule has 0 radical (unpaired) electrons. The fourth-order valence-corrected chi connectivity index (χ4v) is 1.10. The van der Waals surface area contributed by atoms with E-state index in [4.69, 9.17) is 5.73 Å². The first-order valence-corrected chi connectivity index (χ1v) is 4.20. The van der Waals surface area contributed by atoms with Crippen LogP contribution in [0, 0.1) is 5.92 Å². The minimum absolute atomic E-state index is 0.121. The zero-order valence-corrected chi connectivity index (χ0v) is 7.46. The molecule has 12 heavy (non-hydrogen) atoms. The molecule has 1 amide bonds. The van der Waals surface area contributed by atoms with Crippen LogP contribution in [0.15, 0.2) is 0 Å². The number of carbonyl (C=O) groups is 1. The Hall–Kier alpha value is -0.640. The van der Waals surface area contributed by atoms with E-state index in [-0.39, 0.29) is 24.9 Å². The summed E-state index contributed by atoms with van der Waals surface area (Å²) in [4.78, 5) is 12.8. The van der Waals surface area contributed by atoms with E-state index in [0.717, 1.165) is 0 Å². The molecule has 1 fully saturated rings. The molecule has 0 aromatic carbocycles. The Morgan fingerprint density at radius 3 is 2.42 bits per heavy atom. The second-order valence-corrected chi connectivity index (χ2v) is 3.61. The van der Waals surface area contributed by atoms with E-state index in [2.05, 4.69) is 0 Å². The van der Waals surface area contributed by atoms with Gasteiger partial charge in [-0.3, -0.25) is 4.79 Å². The van der Waals surface area contributed by atoms with Crippen LogP contribution in [0.2, 0.25) is 0 Å². The smallest absolute Gasteiger partial charge is 0.239 e.